The Bertz CT molecular complexity index is 1500. The third-order valence-corrected chi connectivity index (χ3v) is 6.77. The van der Waals surface area contributed by atoms with Crippen LogP contribution in [-0.2, 0) is 4.79 Å². The highest BCUT2D eigenvalue weighted by atomic mass is 127. The van der Waals surface area contributed by atoms with Gasteiger partial charge in [-0.2, -0.15) is 0 Å². The first kappa shape index (κ1) is 22.0. The molecule has 1 aromatic heterocycles. The molecule has 0 bridgehead atoms. The lowest BCUT2D eigenvalue weighted by Gasteiger charge is -2.15. The maximum atomic E-state index is 13.6. The average Bonchev–Trinajstić information content (AvgIpc) is 3.06. The number of nitrogens with zero attached hydrogens (tertiary/aromatic N) is 3. The number of hydrogen-bond acceptors (Lipinski definition) is 3. The van der Waals surface area contributed by atoms with E-state index in [0.717, 1.165) is 25.7 Å². The number of carbonyl (C=O) groups is 1. The van der Waals surface area contributed by atoms with Crippen molar-refractivity contribution in [1.29, 1.82) is 0 Å². The van der Waals surface area contributed by atoms with Gasteiger partial charge < -0.3 is 4.90 Å². The van der Waals surface area contributed by atoms with Crippen LogP contribution in [0.2, 0.25) is 0 Å². The van der Waals surface area contributed by atoms with Crippen LogP contribution in [0, 0.1) is 3.57 Å². The predicted molar refractivity (Wildman–Crippen MR) is 145 cm³/mol. The Hall–Kier alpha value is -2.78. The zero-order chi connectivity index (χ0) is 23.1. The number of amides is 1. The first-order chi connectivity index (χ1) is 16.0. The number of rotatable bonds is 4. The number of benzene rings is 3. The molecule has 0 unspecified atom stereocenters. The number of para-hydroxylation sites is 1. The van der Waals surface area contributed by atoms with Gasteiger partial charge in [-0.15, -0.1) is 0 Å². The molecule has 164 valence electrons. The van der Waals surface area contributed by atoms with E-state index in [-0.39, 0.29) is 11.5 Å². The van der Waals surface area contributed by atoms with Crippen molar-refractivity contribution < 1.29 is 4.79 Å². The molecule has 0 fully saturated rings. The zero-order valence-corrected chi connectivity index (χ0v) is 21.5. The molecule has 0 N–H and O–H groups in total. The molecular weight excluding hydrogens is 593 g/mol. The van der Waals surface area contributed by atoms with Crippen LogP contribution in [0.15, 0.2) is 76.0 Å². The predicted octanol–water partition coefficient (Wildman–Crippen LogP) is 6.05. The summed E-state index contributed by atoms with van der Waals surface area (Å²) in [6.45, 7) is 2.67. The smallest absolute Gasteiger partial charge is 0.266 e. The van der Waals surface area contributed by atoms with E-state index in [1.165, 1.54) is 0 Å². The van der Waals surface area contributed by atoms with Crippen LogP contribution in [0.5, 0.6) is 0 Å². The molecule has 4 aromatic rings. The van der Waals surface area contributed by atoms with Crippen LogP contribution in [0.3, 0.4) is 0 Å². The van der Waals surface area contributed by atoms with E-state index >= 15 is 0 Å². The van der Waals surface area contributed by atoms with E-state index in [0.29, 0.717) is 34.5 Å². The minimum absolute atomic E-state index is 0.0819. The summed E-state index contributed by atoms with van der Waals surface area (Å²) in [5.41, 5.74) is 3.38. The quantitative estimate of drug-likeness (QED) is 0.209. The molecule has 1 aliphatic rings. The van der Waals surface area contributed by atoms with E-state index in [9.17, 15) is 9.59 Å². The van der Waals surface area contributed by atoms with Gasteiger partial charge in [0.05, 0.1) is 27.9 Å². The second-order valence-corrected chi connectivity index (χ2v) is 9.95. The molecule has 0 atom stereocenters. The van der Waals surface area contributed by atoms with Crippen molar-refractivity contribution in [3.8, 4) is 5.69 Å². The van der Waals surface area contributed by atoms with Crippen LogP contribution in [0.25, 0.3) is 28.2 Å². The van der Waals surface area contributed by atoms with Crippen molar-refractivity contribution in [3.63, 3.8) is 0 Å². The molecule has 0 radical (unpaired) electrons. The maximum absolute atomic E-state index is 13.6. The molecular formula is C26H19BrIN3O2. The van der Waals surface area contributed by atoms with Gasteiger partial charge in [0.15, 0.2) is 0 Å². The first-order valence-corrected chi connectivity index (χ1v) is 12.5. The average molecular weight is 612 g/mol. The summed E-state index contributed by atoms with van der Waals surface area (Å²) in [7, 11) is 0. The van der Waals surface area contributed by atoms with Crippen molar-refractivity contribution in [1.82, 2.24) is 9.55 Å². The molecule has 5 nitrogen and oxygen atoms in total. The van der Waals surface area contributed by atoms with Crippen LogP contribution in [-0.4, -0.2) is 22.0 Å². The number of hydrogen-bond donors (Lipinski definition) is 0. The maximum Gasteiger partial charge on any atom is 0.266 e. The fourth-order valence-electron chi connectivity index (χ4n) is 4.14. The van der Waals surface area contributed by atoms with Crippen LogP contribution >= 0.6 is 38.5 Å². The number of fused-ring (bicyclic) bond motifs is 2. The zero-order valence-electron chi connectivity index (χ0n) is 17.8. The van der Waals surface area contributed by atoms with E-state index in [2.05, 4.69) is 38.5 Å². The van der Waals surface area contributed by atoms with Crippen molar-refractivity contribution in [2.24, 2.45) is 0 Å². The lowest BCUT2D eigenvalue weighted by atomic mass is 10.1. The normalized spacial score (nSPS) is 14.3. The summed E-state index contributed by atoms with van der Waals surface area (Å²) in [6.07, 6.45) is 2.59. The Labute approximate surface area is 213 Å². The van der Waals surface area contributed by atoms with E-state index in [1.54, 1.807) is 15.5 Å². The van der Waals surface area contributed by atoms with Gasteiger partial charge in [-0.25, -0.2) is 4.98 Å². The standard InChI is InChI=1S/C26H19BrIN3O2/c1-2-12-30-23-11-8-16(27)13-19(23)20(25(30)32)15-24-29-22-10-9-17(28)14-21(22)26(33)31(24)18-6-4-3-5-7-18/h3-11,13-15H,2,12H2,1H3/b20-15-. The molecule has 5 rings (SSSR count). The molecule has 7 heteroatoms. The molecule has 2 heterocycles. The molecule has 0 saturated carbocycles. The molecule has 0 saturated heterocycles. The summed E-state index contributed by atoms with van der Waals surface area (Å²) in [6, 6.07) is 20.9. The van der Waals surface area contributed by atoms with E-state index in [4.69, 9.17) is 4.98 Å². The number of aromatic nitrogens is 2. The largest absolute Gasteiger partial charge is 0.308 e. The van der Waals surface area contributed by atoms with Gasteiger partial charge in [0, 0.05) is 20.2 Å². The molecule has 3 aromatic carbocycles. The number of anilines is 1. The summed E-state index contributed by atoms with van der Waals surface area (Å²) in [4.78, 5) is 33.7. The molecule has 33 heavy (non-hydrogen) atoms. The highest BCUT2D eigenvalue weighted by Gasteiger charge is 2.32. The second-order valence-electron chi connectivity index (χ2n) is 7.78. The third kappa shape index (κ3) is 3.93. The fraction of sp³-hybridized carbons (Fsp3) is 0.115. The molecule has 1 aliphatic heterocycles. The molecule has 0 spiro atoms. The lowest BCUT2D eigenvalue weighted by Crippen LogP contribution is -2.27. The molecule has 0 aliphatic carbocycles. The van der Waals surface area contributed by atoms with Gasteiger partial charge in [-0.3, -0.25) is 14.2 Å². The van der Waals surface area contributed by atoms with E-state index < -0.39 is 0 Å². The minimum Gasteiger partial charge on any atom is -0.308 e. The summed E-state index contributed by atoms with van der Waals surface area (Å²) in [5.74, 6) is 0.342. The Morgan fingerprint density at radius 3 is 2.58 bits per heavy atom. The second kappa shape index (κ2) is 8.87. The lowest BCUT2D eigenvalue weighted by molar-refractivity contribution is -0.113. The van der Waals surface area contributed by atoms with Gasteiger partial charge in [0.2, 0.25) is 0 Å². The Balaban J connectivity index is 1.81. The van der Waals surface area contributed by atoms with Crippen molar-refractivity contribution in [3.05, 3.63) is 96.5 Å². The van der Waals surface area contributed by atoms with Gasteiger partial charge >= 0.3 is 0 Å². The first-order valence-electron chi connectivity index (χ1n) is 10.6. The highest BCUT2D eigenvalue weighted by molar-refractivity contribution is 14.1. The summed E-state index contributed by atoms with van der Waals surface area (Å²) in [5, 5.41) is 0.543. The van der Waals surface area contributed by atoms with Crippen LogP contribution < -0.4 is 10.5 Å². The third-order valence-electron chi connectivity index (χ3n) is 5.61. The number of halogens is 2. The van der Waals surface area contributed by atoms with Crippen LogP contribution in [0.1, 0.15) is 24.7 Å². The van der Waals surface area contributed by atoms with Gasteiger partial charge in [0.1, 0.15) is 5.82 Å². The Kier molecular flexibility index (Phi) is 5.92. The molecule has 1 amide bonds. The summed E-state index contributed by atoms with van der Waals surface area (Å²) < 4.78 is 3.43. The van der Waals surface area contributed by atoms with E-state index in [1.807, 2.05) is 73.7 Å². The van der Waals surface area contributed by atoms with Gasteiger partial charge in [0.25, 0.3) is 11.5 Å². The van der Waals surface area contributed by atoms with Crippen molar-refractivity contribution in [2.45, 2.75) is 13.3 Å². The van der Waals surface area contributed by atoms with Crippen molar-refractivity contribution >= 4 is 72.7 Å². The minimum atomic E-state index is -0.165. The van der Waals surface area contributed by atoms with Gasteiger partial charge in [-0.05, 0) is 83.6 Å². The van der Waals surface area contributed by atoms with Crippen molar-refractivity contribution in [2.75, 3.05) is 11.4 Å². The van der Waals surface area contributed by atoms with Gasteiger partial charge in [-0.1, -0.05) is 41.1 Å². The fourth-order valence-corrected chi connectivity index (χ4v) is 4.99. The monoisotopic (exact) mass is 611 g/mol. The SMILES string of the molecule is CCCN1C(=O)/C(=C\c2nc3ccc(I)cc3c(=O)n2-c2ccccc2)c2cc(Br)ccc21. The van der Waals surface area contributed by atoms with Crippen LogP contribution in [0.4, 0.5) is 5.69 Å². The summed E-state index contributed by atoms with van der Waals surface area (Å²) >= 11 is 5.72. The highest BCUT2D eigenvalue weighted by Crippen LogP contribution is 2.39. The Morgan fingerprint density at radius 2 is 1.82 bits per heavy atom. The topological polar surface area (TPSA) is 55.2 Å². The Morgan fingerprint density at radius 1 is 1.03 bits per heavy atom. The number of carbonyl (C=O) groups excluding carboxylic acids is 1.